The fourth-order valence-corrected chi connectivity index (χ4v) is 8.65. The van der Waals surface area contributed by atoms with Gasteiger partial charge in [0.05, 0.1) is 37.2 Å². The molecule has 8 rings (SSSR count). The monoisotopic (exact) mass is 820 g/mol. The van der Waals surface area contributed by atoms with Crippen LogP contribution in [0.25, 0.3) is 11.1 Å². The van der Waals surface area contributed by atoms with Crippen molar-refractivity contribution in [2.45, 2.75) is 50.2 Å². The average Bonchev–Trinajstić information content (AvgIpc) is 3.81. The van der Waals surface area contributed by atoms with E-state index in [0.29, 0.717) is 44.1 Å². The number of pyridine rings is 1. The highest BCUT2D eigenvalue weighted by molar-refractivity contribution is 5.99. The minimum atomic E-state index is -5.08. The Kier molecular flexibility index (Phi) is 9.91. The fourth-order valence-electron chi connectivity index (χ4n) is 8.65. The summed E-state index contributed by atoms with van der Waals surface area (Å²) in [6.07, 6.45) is -7.81. The highest BCUT2D eigenvalue weighted by atomic mass is 19.4. The van der Waals surface area contributed by atoms with Gasteiger partial charge in [-0.05, 0) is 73.9 Å². The summed E-state index contributed by atoms with van der Waals surface area (Å²) in [7, 11) is 1.21. The number of aromatic nitrogens is 1. The van der Waals surface area contributed by atoms with Crippen molar-refractivity contribution in [1.82, 2.24) is 15.2 Å². The molecule has 58 heavy (non-hydrogen) atoms. The quantitative estimate of drug-likeness (QED) is 0.167. The number of methoxy groups -OCH3 is 1. The fraction of sp³-hybridized carbons (Fsp3) is 0.450. The van der Waals surface area contributed by atoms with E-state index in [9.17, 15) is 45.1 Å². The zero-order valence-corrected chi connectivity index (χ0v) is 30.7. The van der Waals surface area contributed by atoms with Gasteiger partial charge in [-0.2, -0.15) is 26.3 Å². The number of allylic oxidation sites excluding steroid dienone is 1. The third-order valence-corrected chi connectivity index (χ3v) is 11.6. The minimum Gasteiger partial charge on any atom is -0.480 e. The summed E-state index contributed by atoms with van der Waals surface area (Å²) in [6, 6.07) is 4.88. The zero-order valence-electron chi connectivity index (χ0n) is 30.7. The SMILES string of the molecule is COc1ncc(-c2cc([C@H](OC(=O)N3CC4(COC4)C3)C(F)(F)F)ccc2F)cc1C(=O)N[C@@H]1C2CCC(/C2=C/C2CC2)[C@@H]1C(=O)Nc1ccc(F)c(C(F)(F)F)c1. The largest absolute Gasteiger partial charge is 0.480 e. The summed E-state index contributed by atoms with van der Waals surface area (Å²) >= 11 is 0. The predicted octanol–water partition coefficient (Wildman–Crippen LogP) is 7.86. The first-order valence-corrected chi connectivity index (χ1v) is 18.6. The number of likely N-dealkylation sites (tertiary alicyclic amines) is 1. The number of ether oxygens (including phenoxy) is 3. The Bertz CT molecular complexity index is 2180. The number of fused-ring (bicyclic) bond motifs is 2. The Labute approximate surface area is 325 Å². The van der Waals surface area contributed by atoms with Crippen molar-refractivity contribution >= 4 is 23.6 Å². The number of halogens is 8. The molecule has 5 fully saturated rings. The number of carbonyl (C=O) groups excluding carboxylic acids is 3. The number of rotatable bonds is 9. The smallest absolute Gasteiger partial charge is 0.429 e. The van der Waals surface area contributed by atoms with Gasteiger partial charge >= 0.3 is 18.4 Å². The molecular weight excluding hydrogens is 784 g/mol. The molecule has 308 valence electrons. The van der Waals surface area contributed by atoms with E-state index in [2.05, 4.69) is 21.7 Å². The Hall–Kier alpha value is -5.26. The molecule has 2 aromatic carbocycles. The molecule has 18 heteroatoms. The first kappa shape index (κ1) is 39.6. The first-order chi connectivity index (χ1) is 27.4. The zero-order chi connectivity index (χ0) is 41.3. The van der Waals surface area contributed by atoms with Crippen molar-refractivity contribution in [3.63, 3.8) is 0 Å². The van der Waals surface area contributed by atoms with E-state index in [4.69, 9.17) is 14.2 Å². The number of hydrogen-bond acceptors (Lipinski definition) is 7. The summed E-state index contributed by atoms with van der Waals surface area (Å²) in [5.41, 5.74) is -2.54. The van der Waals surface area contributed by atoms with Crippen LogP contribution in [0.3, 0.4) is 0 Å². The molecule has 3 saturated carbocycles. The molecule has 3 aliphatic carbocycles. The number of amides is 3. The molecule has 2 N–H and O–H groups in total. The Morgan fingerprint density at radius 3 is 2.29 bits per heavy atom. The van der Waals surface area contributed by atoms with Crippen molar-refractivity contribution in [3.8, 4) is 17.0 Å². The molecule has 1 spiro atoms. The normalized spacial score (nSPS) is 24.6. The van der Waals surface area contributed by atoms with Crippen LogP contribution in [0.1, 0.15) is 53.3 Å². The number of benzene rings is 2. The van der Waals surface area contributed by atoms with Crippen LogP contribution >= 0.6 is 0 Å². The first-order valence-electron chi connectivity index (χ1n) is 18.6. The van der Waals surface area contributed by atoms with Crippen molar-refractivity contribution in [1.29, 1.82) is 0 Å². The van der Waals surface area contributed by atoms with Gasteiger partial charge in [0.25, 0.3) is 5.91 Å². The molecule has 5 atom stereocenters. The number of carbonyl (C=O) groups is 3. The molecule has 3 amide bonds. The van der Waals surface area contributed by atoms with E-state index < -0.39 is 76.6 Å². The lowest BCUT2D eigenvalue weighted by atomic mass is 9.78. The summed E-state index contributed by atoms with van der Waals surface area (Å²) in [5, 5.41) is 5.35. The van der Waals surface area contributed by atoms with Crippen LogP contribution in [0.5, 0.6) is 5.88 Å². The highest BCUT2D eigenvalue weighted by Gasteiger charge is 2.56. The molecule has 1 aromatic heterocycles. The van der Waals surface area contributed by atoms with Gasteiger partial charge in [0.15, 0.2) is 0 Å². The van der Waals surface area contributed by atoms with Crippen LogP contribution in [0.15, 0.2) is 60.3 Å². The Balaban J connectivity index is 1.06. The number of nitrogens with one attached hydrogen (secondary N) is 2. The molecule has 2 unspecified atom stereocenters. The van der Waals surface area contributed by atoms with Crippen molar-refractivity contribution < 1.29 is 63.7 Å². The highest BCUT2D eigenvalue weighted by Crippen LogP contribution is 2.55. The van der Waals surface area contributed by atoms with Gasteiger partial charge < -0.3 is 29.7 Å². The van der Waals surface area contributed by atoms with Gasteiger partial charge in [0, 0.05) is 53.6 Å². The molecule has 2 aliphatic heterocycles. The second-order valence-corrected chi connectivity index (χ2v) is 15.7. The van der Waals surface area contributed by atoms with E-state index in [1.165, 1.54) is 13.2 Å². The van der Waals surface area contributed by atoms with Gasteiger partial charge in [-0.15, -0.1) is 0 Å². The van der Waals surface area contributed by atoms with Gasteiger partial charge in [0.2, 0.25) is 17.9 Å². The maximum Gasteiger partial charge on any atom is 0.429 e. The lowest BCUT2D eigenvalue weighted by Gasteiger charge is -2.54. The van der Waals surface area contributed by atoms with Gasteiger partial charge in [-0.3, -0.25) is 9.59 Å². The Morgan fingerprint density at radius 1 is 0.948 bits per heavy atom. The van der Waals surface area contributed by atoms with Gasteiger partial charge in [-0.25, -0.2) is 18.6 Å². The van der Waals surface area contributed by atoms with Gasteiger partial charge in [-0.1, -0.05) is 17.7 Å². The van der Waals surface area contributed by atoms with Crippen LogP contribution in [0.4, 0.5) is 45.6 Å². The predicted molar refractivity (Wildman–Crippen MR) is 188 cm³/mol. The Morgan fingerprint density at radius 2 is 1.66 bits per heavy atom. The molecule has 10 nitrogen and oxygen atoms in total. The number of hydrogen-bond donors (Lipinski definition) is 2. The second kappa shape index (κ2) is 14.5. The number of nitrogens with zero attached hydrogens (tertiary/aromatic N) is 2. The topological polar surface area (TPSA) is 119 Å². The average molecular weight is 821 g/mol. The summed E-state index contributed by atoms with van der Waals surface area (Å²) in [5.74, 6) is -5.55. The summed E-state index contributed by atoms with van der Waals surface area (Å²) in [4.78, 5) is 46.0. The minimum absolute atomic E-state index is 0.124. The van der Waals surface area contributed by atoms with E-state index in [-0.39, 0.29) is 53.0 Å². The van der Waals surface area contributed by atoms with Crippen LogP contribution in [0.2, 0.25) is 0 Å². The number of anilines is 1. The molecular formula is C40H36F8N4O6. The van der Waals surface area contributed by atoms with Crippen LogP contribution in [-0.4, -0.2) is 73.4 Å². The van der Waals surface area contributed by atoms with Gasteiger partial charge in [0.1, 0.15) is 17.2 Å². The molecule has 3 aromatic rings. The number of alkyl halides is 6. The molecule has 0 radical (unpaired) electrons. The molecule has 2 bridgehead atoms. The van der Waals surface area contributed by atoms with Crippen LogP contribution < -0.4 is 15.4 Å². The van der Waals surface area contributed by atoms with Crippen LogP contribution in [-0.2, 0) is 20.4 Å². The standard InChI is InChI=1S/C40H36F8N4O6/c1-56-36-27(12-21(14-49-36)25-11-20(4-8-29(25)41)33(40(46,47)48)58-37(55)52-15-38(16-52)17-57-18-38)34(53)51-32-24-7-6-23(26(24)10-19-2-3-19)31(32)35(54)50-22-5-9-30(42)28(13-22)39(43,44)45/h4-5,8-14,19,23-24,31-33H,2-3,6-7,15-18H2,1H3,(H,50,54)(H,51,53)/b26-10-/t23?,24?,31-,32+,33-/m0/s1. The molecule has 5 aliphatic rings. The lowest BCUT2D eigenvalue weighted by Crippen LogP contribution is -2.67. The molecule has 2 saturated heterocycles. The third-order valence-electron chi connectivity index (χ3n) is 11.6. The van der Waals surface area contributed by atoms with E-state index in [1.807, 2.05) is 0 Å². The van der Waals surface area contributed by atoms with E-state index in [0.717, 1.165) is 53.8 Å². The summed E-state index contributed by atoms with van der Waals surface area (Å²) in [6.45, 7) is 1.13. The van der Waals surface area contributed by atoms with E-state index >= 15 is 4.39 Å². The summed E-state index contributed by atoms with van der Waals surface area (Å²) < 4.78 is 128. The van der Waals surface area contributed by atoms with Crippen molar-refractivity contribution in [2.24, 2.45) is 29.1 Å². The van der Waals surface area contributed by atoms with Crippen molar-refractivity contribution in [3.05, 3.63) is 88.6 Å². The van der Waals surface area contributed by atoms with Crippen LogP contribution in [0, 0.1) is 40.7 Å². The second-order valence-electron chi connectivity index (χ2n) is 15.7. The van der Waals surface area contributed by atoms with Crippen molar-refractivity contribution in [2.75, 3.05) is 38.7 Å². The van der Waals surface area contributed by atoms with E-state index in [1.54, 1.807) is 0 Å². The lowest BCUT2D eigenvalue weighted by molar-refractivity contribution is -0.219. The maximum atomic E-state index is 15.4. The maximum absolute atomic E-state index is 15.4. The molecule has 3 heterocycles. The third kappa shape index (κ3) is 7.46.